The van der Waals surface area contributed by atoms with Crippen LogP contribution in [0.4, 0.5) is 11.4 Å². The number of nitrogens with zero attached hydrogens (tertiary/aromatic N) is 3. The molecule has 2 aromatic carbocycles. The summed E-state index contributed by atoms with van der Waals surface area (Å²) < 4.78 is 34.7. The molecule has 0 aromatic heterocycles. The van der Waals surface area contributed by atoms with Crippen molar-refractivity contribution in [3.8, 4) is 5.75 Å². The zero-order valence-corrected chi connectivity index (χ0v) is 20.2. The Morgan fingerprint density at radius 1 is 1.10 bits per heavy atom. The fourth-order valence-corrected chi connectivity index (χ4v) is 6.80. The predicted molar refractivity (Wildman–Crippen MR) is 124 cm³/mol. The van der Waals surface area contributed by atoms with E-state index in [1.807, 2.05) is 37.3 Å². The molecule has 0 unspecified atom stereocenters. The molecule has 1 saturated heterocycles. The Morgan fingerprint density at radius 2 is 1.74 bits per heavy atom. The van der Waals surface area contributed by atoms with Gasteiger partial charge in [-0.2, -0.15) is 4.31 Å². The van der Waals surface area contributed by atoms with E-state index in [1.165, 1.54) is 11.2 Å². The summed E-state index contributed by atoms with van der Waals surface area (Å²) in [5, 5.41) is 0. The van der Waals surface area contributed by atoms with Crippen molar-refractivity contribution in [1.82, 2.24) is 4.31 Å². The number of sulfonamides is 1. The van der Waals surface area contributed by atoms with Crippen molar-refractivity contribution in [3.05, 3.63) is 46.4 Å². The van der Waals surface area contributed by atoms with Crippen LogP contribution < -0.4 is 14.5 Å². The molecule has 7 nitrogen and oxygen atoms in total. The Hall–Kier alpha value is -2.10. The molecule has 2 aliphatic rings. The lowest BCUT2D eigenvalue weighted by Crippen LogP contribution is -2.49. The van der Waals surface area contributed by atoms with E-state index >= 15 is 0 Å². The van der Waals surface area contributed by atoms with Gasteiger partial charge in [-0.3, -0.25) is 4.79 Å². The summed E-state index contributed by atoms with van der Waals surface area (Å²) in [6.07, 6.45) is 0.641. The first kappa shape index (κ1) is 22.1. The SMILES string of the molecule is COc1ccc(N2CCN(S(=O)(=O)c3cc(Br)cc4c3N(C(C)=O)[C@H](C)C4)CC2)cc1. The third-order valence-electron chi connectivity index (χ3n) is 5.95. The number of carbonyl (C=O) groups is 1. The molecule has 0 saturated carbocycles. The van der Waals surface area contributed by atoms with E-state index in [2.05, 4.69) is 20.8 Å². The van der Waals surface area contributed by atoms with Crippen LogP contribution in [0.2, 0.25) is 0 Å². The van der Waals surface area contributed by atoms with Gasteiger partial charge < -0.3 is 14.5 Å². The molecule has 0 spiro atoms. The van der Waals surface area contributed by atoms with E-state index in [-0.39, 0.29) is 16.8 Å². The number of methoxy groups -OCH3 is 1. The minimum atomic E-state index is -3.75. The number of amides is 1. The van der Waals surface area contributed by atoms with Gasteiger partial charge in [-0.1, -0.05) is 15.9 Å². The van der Waals surface area contributed by atoms with E-state index in [0.717, 1.165) is 17.0 Å². The number of hydrogen-bond acceptors (Lipinski definition) is 5. The maximum Gasteiger partial charge on any atom is 0.245 e. The molecule has 0 bridgehead atoms. The first-order valence-corrected chi connectivity index (χ1v) is 12.5. The Labute approximate surface area is 191 Å². The molecule has 9 heteroatoms. The third kappa shape index (κ3) is 4.06. The van der Waals surface area contributed by atoms with Gasteiger partial charge in [0.1, 0.15) is 10.6 Å². The molecule has 4 rings (SSSR count). The topological polar surface area (TPSA) is 70.2 Å². The maximum absolute atomic E-state index is 13.6. The van der Waals surface area contributed by atoms with E-state index in [4.69, 9.17) is 4.74 Å². The average molecular weight is 508 g/mol. The smallest absolute Gasteiger partial charge is 0.245 e. The summed E-state index contributed by atoms with van der Waals surface area (Å²) in [5.74, 6) is 0.645. The van der Waals surface area contributed by atoms with Gasteiger partial charge in [0.2, 0.25) is 15.9 Å². The predicted octanol–water partition coefficient (Wildman–Crippen LogP) is 3.27. The second-order valence-electron chi connectivity index (χ2n) is 7.94. The first-order chi connectivity index (χ1) is 14.7. The summed E-state index contributed by atoms with van der Waals surface area (Å²) >= 11 is 3.46. The lowest BCUT2D eigenvalue weighted by Gasteiger charge is -2.36. The molecule has 2 heterocycles. The van der Waals surface area contributed by atoms with Crippen LogP contribution in [-0.2, 0) is 21.2 Å². The molecule has 31 heavy (non-hydrogen) atoms. The monoisotopic (exact) mass is 507 g/mol. The summed E-state index contributed by atoms with van der Waals surface area (Å²) in [4.78, 5) is 16.3. The van der Waals surface area contributed by atoms with Crippen LogP contribution in [0.3, 0.4) is 0 Å². The summed E-state index contributed by atoms with van der Waals surface area (Å²) in [6.45, 7) is 5.37. The average Bonchev–Trinajstić information content (AvgIpc) is 3.08. The van der Waals surface area contributed by atoms with E-state index < -0.39 is 10.0 Å². The molecule has 1 fully saturated rings. The molecular formula is C22H26BrN3O4S. The van der Waals surface area contributed by atoms with Crippen LogP contribution >= 0.6 is 15.9 Å². The quantitative estimate of drug-likeness (QED) is 0.634. The van der Waals surface area contributed by atoms with Gasteiger partial charge in [0.25, 0.3) is 0 Å². The molecular weight excluding hydrogens is 482 g/mol. The van der Waals surface area contributed by atoms with Gasteiger partial charge >= 0.3 is 0 Å². The van der Waals surface area contributed by atoms with E-state index in [1.54, 1.807) is 18.1 Å². The lowest BCUT2D eigenvalue weighted by molar-refractivity contribution is -0.116. The number of halogens is 1. The molecule has 2 aromatic rings. The number of anilines is 2. The Morgan fingerprint density at radius 3 is 2.32 bits per heavy atom. The third-order valence-corrected chi connectivity index (χ3v) is 8.32. The minimum Gasteiger partial charge on any atom is -0.497 e. The number of ether oxygens (including phenoxy) is 1. The Kier molecular flexibility index (Phi) is 6.02. The van der Waals surface area contributed by atoms with Crippen molar-refractivity contribution in [1.29, 1.82) is 0 Å². The van der Waals surface area contributed by atoms with Gasteiger partial charge in [-0.15, -0.1) is 0 Å². The lowest BCUT2D eigenvalue weighted by atomic mass is 10.1. The van der Waals surface area contributed by atoms with Crippen molar-refractivity contribution >= 4 is 43.2 Å². The van der Waals surface area contributed by atoms with Crippen LogP contribution in [0.15, 0.2) is 45.8 Å². The van der Waals surface area contributed by atoms with Crippen LogP contribution in [0.25, 0.3) is 0 Å². The molecule has 1 atom stereocenters. The molecule has 0 aliphatic carbocycles. The van der Waals surface area contributed by atoms with Crippen LogP contribution in [-0.4, -0.2) is 58.0 Å². The standard InChI is InChI=1S/C22H26BrN3O4S/c1-15-12-17-13-18(23)14-21(22(17)26(15)16(2)27)31(28,29)25-10-8-24(9-11-25)19-4-6-20(30-3)7-5-19/h4-7,13-15H,8-12H2,1-3H3/t15-/m1/s1. The molecule has 1 amide bonds. The Balaban J connectivity index is 1.60. The summed E-state index contributed by atoms with van der Waals surface area (Å²) in [7, 11) is -2.12. The van der Waals surface area contributed by atoms with Crippen molar-refractivity contribution in [2.75, 3.05) is 43.1 Å². The zero-order valence-electron chi connectivity index (χ0n) is 17.8. The minimum absolute atomic E-state index is 0.0670. The highest BCUT2D eigenvalue weighted by molar-refractivity contribution is 9.10. The number of piperazine rings is 1. The van der Waals surface area contributed by atoms with Gasteiger partial charge in [-0.05, 0) is 55.3 Å². The molecule has 0 N–H and O–H groups in total. The zero-order chi connectivity index (χ0) is 22.3. The molecule has 0 radical (unpaired) electrons. The van der Waals surface area contributed by atoms with Crippen molar-refractivity contribution in [3.63, 3.8) is 0 Å². The van der Waals surface area contributed by atoms with Gasteiger partial charge in [0, 0.05) is 49.3 Å². The highest BCUT2D eigenvalue weighted by Crippen LogP contribution is 2.41. The van der Waals surface area contributed by atoms with Gasteiger partial charge in [0.05, 0.1) is 12.8 Å². The maximum atomic E-state index is 13.6. The van der Waals surface area contributed by atoms with Crippen molar-refractivity contribution in [2.45, 2.75) is 31.2 Å². The first-order valence-electron chi connectivity index (χ1n) is 10.2. The summed E-state index contributed by atoms with van der Waals surface area (Å²) in [5.41, 5.74) is 2.45. The van der Waals surface area contributed by atoms with Crippen LogP contribution in [0, 0.1) is 0 Å². The van der Waals surface area contributed by atoms with E-state index in [9.17, 15) is 13.2 Å². The highest BCUT2D eigenvalue weighted by Gasteiger charge is 2.38. The normalized spacial score (nSPS) is 19.4. The molecule has 2 aliphatic heterocycles. The second-order valence-corrected chi connectivity index (χ2v) is 10.8. The summed E-state index contributed by atoms with van der Waals surface area (Å²) in [6, 6.07) is 11.2. The largest absolute Gasteiger partial charge is 0.497 e. The number of carbonyl (C=O) groups excluding carboxylic acids is 1. The van der Waals surface area contributed by atoms with Crippen LogP contribution in [0.5, 0.6) is 5.75 Å². The fraction of sp³-hybridized carbons (Fsp3) is 0.409. The number of hydrogen-bond donors (Lipinski definition) is 0. The molecule has 166 valence electrons. The van der Waals surface area contributed by atoms with Crippen LogP contribution in [0.1, 0.15) is 19.4 Å². The fourth-order valence-electron chi connectivity index (χ4n) is 4.47. The number of benzene rings is 2. The number of rotatable bonds is 4. The second kappa shape index (κ2) is 8.44. The van der Waals surface area contributed by atoms with Crippen molar-refractivity contribution in [2.24, 2.45) is 0 Å². The van der Waals surface area contributed by atoms with Gasteiger partial charge in [0.15, 0.2) is 0 Å². The van der Waals surface area contributed by atoms with E-state index in [0.29, 0.717) is 42.8 Å². The number of fused-ring (bicyclic) bond motifs is 1. The van der Waals surface area contributed by atoms with Gasteiger partial charge in [-0.25, -0.2) is 8.42 Å². The highest BCUT2D eigenvalue weighted by atomic mass is 79.9. The van der Waals surface area contributed by atoms with Crippen molar-refractivity contribution < 1.29 is 17.9 Å². The Bertz CT molecular complexity index is 1100.